The Morgan fingerprint density at radius 3 is 2.38 bits per heavy atom. The molecule has 144 valence electrons. The Morgan fingerprint density at radius 1 is 1.15 bits per heavy atom. The molecule has 1 atom stereocenters. The topological polar surface area (TPSA) is 105 Å². The Hall–Kier alpha value is -2.57. The van der Waals surface area contributed by atoms with Crippen molar-refractivity contribution in [1.82, 2.24) is 10.6 Å². The molecule has 0 spiro atoms. The molecule has 0 bridgehead atoms. The fourth-order valence-corrected chi connectivity index (χ4v) is 2.26. The van der Waals surface area contributed by atoms with E-state index in [1.165, 1.54) is 7.11 Å². The number of nitrogens with one attached hydrogen (secondary N) is 2. The van der Waals surface area contributed by atoms with Crippen molar-refractivity contribution in [3.63, 3.8) is 0 Å². The lowest BCUT2D eigenvalue weighted by Gasteiger charge is -2.18. The van der Waals surface area contributed by atoms with Crippen LogP contribution in [0.25, 0.3) is 0 Å². The average Bonchev–Trinajstić information content (AvgIpc) is 2.57. The maximum absolute atomic E-state index is 11.9. The summed E-state index contributed by atoms with van der Waals surface area (Å²) in [7, 11) is 1.53. The number of carbonyl (C=O) groups is 3. The summed E-state index contributed by atoms with van der Waals surface area (Å²) in [6.45, 7) is 5.60. The van der Waals surface area contributed by atoms with E-state index in [1.807, 2.05) is 12.1 Å². The van der Waals surface area contributed by atoms with Crippen LogP contribution in [-0.2, 0) is 20.8 Å². The minimum atomic E-state index is -0.989. The second-order valence-corrected chi connectivity index (χ2v) is 7.11. The number of para-hydroxylation sites is 1. The van der Waals surface area contributed by atoms with Crippen molar-refractivity contribution < 1.29 is 24.2 Å². The number of carboxylic acid groups (broad SMARTS) is 1. The van der Waals surface area contributed by atoms with E-state index in [-0.39, 0.29) is 37.7 Å². The maximum Gasteiger partial charge on any atom is 0.308 e. The van der Waals surface area contributed by atoms with Gasteiger partial charge in [-0.1, -0.05) is 39.0 Å². The summed E-state index contributed by atoms with van der Waals surface area (Å²) in [5.41, 5.74) is 0.258. The number of ether oxygens (including phenoxy) is 1. The standard InChI is InChI=1S/C19H28N2O5/c1-19(2,3)18(25)20-10-9-16(22)21-12-14(17(23)24)11-13-7-5-6-8-15(13)26-4/h5-8,14H,9-12H2,1-4H3,(H,20,25)(H,21,22)(H,23,24). The molecule has 26 heavy (non-hydrogen) atoms. The molecule has 0 fully saturated rings. The Balaban J connectivity index is 2.49. The van der Waals surface area contributed by atoms with E-state index >= 15 is 0 Å². The lowest BCUT2D eigenvalue weighted by molar-refractivity contribution is -0.141. The summed E-state index contributed by atoms with van der Waals surface area (Å²) in [4.78, 5) is 35.1. The molecule has 0 aliphatic carbocycles. The van der Waals surface area contributed by atoms with Crippen LogP contribution < -0.4 is 15.4 Å². The van der Waals surface area contributed by atoms with Crippen LogP contribution in [0.4, 0.5) is 0 Å². The fraction of sp³-hybridized carbons (Fsp3) is 0.526. The predicted molar refractivity (Wildman–Crippen MR) is 97.9 cm³/mol. The first-order valence-corrected chi connectivity index (χ1v) is 8.55. The van der Waals surface area contributed by atoms with Gasteiger partial charge in [0.1, 0.15) is 5.75 Å². The molecule has 0 aliphatic heterocycles. The SMILES string of the molecule is COc1ccccc1CC(CNC(=O)CCNC(=O)C(C)(C)C)C(=O)O. The summed E-state index contributed by atoms with van der Waals surface area (Å²) < 4.78 is 5.23. The van der Waals surface area contributed by atoms with E-state index in [2.05, 4.69) is 10.6 Å². The number of hydrogen-bond donors (Lipinski definition) is 3. The smallest absolute Gasteiger partial charge is 0.308 e. The molecule has 0 aromatic heterocycles. The Kier molecular flexibility index (Phi) is 8.09. The van der Waals surface area contributed by atoms with E-state index in [0.29, 0.717) is 5.75 Å². The van der Waals surface area contributed by atoms with E-state index in [9.17, 15) is 19.5 Å². The van der Waals surface area contributed by atoms with Crippen LogP contribution in [0, 0.1) is 11.3 Å². The van der Waals surface area contributed by atoms with Gasteiger partial charge in [0, 0.05) is 24.9 Å². The lowest BCUT2D eigenvalue weighted by Crippen LogP contribution is -2.39. The number of rotatable bonds is 9. The van der Waals surface area contributed by atoms with Gasteiger partial charge < -0.3 is 20.5 Å². The van der Waals surface area contributed by atoms with E-state index < -0.39 is 17.3 Å². The number of amides is 2. The molecule has 7 nitrogen and oxygen atoms in total. The van der Waals surface area contributed by atoms with Crippen molar-refractivity contribution in [3.05, 3.63) is 29.8 Å². The highest BCUT2D eigenvalue weighted by atomic mass is 16.5. The van der Waals surface area contributed by atoms with Crippen LogP contribution in [-0.4, -0.2) is 43.1 Å². The minimum absolute atomic E-state index is 0.0133. The lowest BCUT2D eigenvalue weighted by atomic mass is 9.96. The third-order valence-corrected chi connectivity index (χ3v) is 3.87. The van der Waals surface area contributed by atoms with Gasteiger partial charge in [-0.3, -0.25) is 14.4 Å². The molecule has 1 unspecified atom stereocenters. The van der Waals surface area contributed by atoms with Gasteiger partial charge in [0.05, 0.1) is 13.0 Å². The number of benzene rings is 1. The van der Waals surface area contributed by atoms with E-state index in [1.54, 1.807) is 32.9 Å². The number of carbonyl (C=O) groups excluding carboxylic acids is 2. The molecule has 0 radical (unpaired) electrons. The van der Waals surface area contributed by atoms with Crippen molar-refractivity contribution in [2.45, 2.75) is 33.6 Å². The second-order valence-electron chi connectivity index (χ2n) is 7.11. The zero-order valence-corrected chi connectivity index (χ0v) is 15.8. The highest BCUT2D eigenvalue weighted by molar-refractivity contribution is 5.82. The average molecular weight is 364 g/mol. The Morgan fingerprint density at radius 2 is 1.81 bits per heavy atom. The first kappa shape index (κ1) is 21.5. The molecule has 1 aromatic carbocycles. The Bertz CT molecular complexity index is 637. The molecule has 0 saturated heterocycles. The molecule has 0 saturated carbocycles. The minimum Gasteiger partial charge on any atom is -0.496 e. The van der Waals surface area contributed by atoms with Crippen molar-refractivity contribution in [2.24, 2.45) is 11.3 Å². The fourth-order valence-electron chi connectivity index (χ4n) is 2.26. The van der Waals surface area contributed by atoms with Gasteiger partial charge in [0.2, 0.25) is 11.8 Å². The molecule has 1 rings (SSSR count). The van der Waals surface area contributed by atoms with Crippen molar-refractivity contribution in [1.29, 1.82) is 0 Å². The third-order valence-electron chi connectivity index (χ3n) is 3.87. The monoisotopic (exact) mass is 364 g/mol. The first-order valence-electron chi connectivity index (χ1n) is 8.55. The van der Waals surface area contributed by atoms with Crippen LogP contribution in [0.1, 0.15) is 32.8 Å². The number of methoxy groups -OCH3 is 1. The molecule has 1 aromatic rings. The molecule has 0 aliphatic rings. The second kappa shape index (κ2) is 9.79. The molecule has 3 N–H and O–H groups in total. The van der Waals surface area contributed by atoms with Gasteiger partial charge >= 0.3 is 5.97 Å². The van der Waals surface area contributed by atoms with Gasteiger partial charge in [0.25, 0.3) is 0 Å². The predicted octanol–water partition coefficient (Wildman–Crippen LogP) is 1.61. The Labute approximate surface area is 154 Å². The van der Waals surface area contributed by atoms with Crippen LogP contribution in [0.3, 0.4) is 0 Å². The highest BCUT2D eigenvalue weighted by Crippen LogP contribution is 2.21. The summed E-state index contributed by atoms with van der Waals surface area (Å²) in [6.07, 6.45) is 0.350. The highest BCUT2D eigenvalue weighted by Gasteiger charge is 2.22. The summed E-state index contributed by atoms with van der Waals surface area (Å²) >= 11 is 0. The van der Waals surface area contributed by atoms with Gasteiger partial charge in [-0.05, 0) is 18.1 Å². The van der Waals surface area contributed by atoms with Crippen LogP contribution in [0.15, 0.2) is 24.3 Å². The van der Waals surface area contributed by atoms with Crippen LogP contribution in [0.5, 0.6) is 5.75 Å². The van der Waals surface area contributed by atoms with Crippen molar-refractivity contribution >= 4 is 17.8 Å². The van der Waals surface area contributed by atoms with E-state index in [4.69, 9.17) is 4.74 Å². The van der Waals surface area contributed by atoms with Crippen molar-refractivity contribution in [2.75, 3.05) is 20.2 Å². The number of hydrogen-bond acceptors (Lipinski definition) is 4. The maximum atomic E-state index is 11.9. The van der Waals surface area contributed by atoms with Gasteiger partial charge in [-0.15, -0.1) is 0 Å². The van der Waals surface area contributed by atoms with Gasteiger partial charge in [0.15, 0.2) is 0 Å². The van der Waals surface area contributed by atoms with Crippen molar-refractivity contribution in [3.8, 4) is 5.75 Å². The number of aliphatic carboxylic acids is 1. The zero-order chi connectivity index (χ0) is 19.7. The van der Waals surface area contributed by atoms with Crippen LogP contribution in [0.2, 0.25) is 0 Å². The third kappa shape index (κ3) is 7.13. The molecule has 0 heterocycles. The molecule has 7 heteroatoms. The van der Waals surface area contributed by atoms with Crippen LogP contribution >= 0.6 is 0 Å². The first-order chi connectivity index (χ1) is 12.1. The normalized spacial score (nSPS) is 12.2. The number of carboxylic acids is 1. The molecule has 2 amide bonds. The van der Waals surface area contributed by atoms with Gasteiger partial charge in [-0.2, -0.15) is 0 Å². The summed E-state index contributed by atoms with van der Waals surface area (Å²) in [5, 5.41) is 14.7. The zero-order valence-electron chi connectivity index (χ0n) is 15.8. The van der Waals surface area contributed by atoms with E-state index in [0.717, 1.165) is 5.56 Å². The molecular weight excluding hydrogens is 336 g/mol. The van der Waals surface area contributed by atoms with Gasteiger partial charge in [-0.25, -0.2) is 0 Å². The summed E-state index contributed by atoms with van der Waals surface area (Å²) in [5.74, 6) is -1.57. The molecular formula is C19H28N2O5. The quantitative estimate of drug-likeness (QED) is 0.617. The largest absolute Gasteiger partial charge is 0.496 e. The summed E-state index contributed by atoms with van der Waals surface area (Å²) in [6, 6.07) is 7.20.